The molecule has 2 aromatic carbocycles. The molecule has 0 unspecified atom stereocenters. The fourth-order valence-corrected chi connectivity index (χ4v) is 5.09. The first-order chi connectivity index (χ1) is 13.0. The maximum absolute atomic E-state index is 13.2. The lowest BCUT2D eigenvalue weighted by Gasteiger charge is -2.32. The highest BCUT2D eigenvalue weighted by molar-refractivity contribution is 9.11. The van der Waals surface area contributed by atoms with E-state index in [1.165, 1.54) is 0 Å². The van der Waals surface area contributed by atoms with Gasteiger partial charge in [-0.15, -0.1) is 0 Å². The Kier molecular flexibility index (Phi) is 4.55. The molecule has 27 heavy (non-hydrogen) atoms. The van der Waals surface area contributed by atoms with Gasteiger partial charge in [0.2, 0.25) is 0 Å². The van der Waals surface area contributed by atoms with E-state index < -0.39 is 11.5 Å². The monoisotopic (exact) mass is 491 g/mol. The number of carbonyl (C=O) groups excluding carboxylic acids is 2. The van der Waals surface area contributed by atoms with Crippen molar-refractivity contribution >= 4 is 60.8 Å². The summed E-state index contributed by atoms with van der Waals surface area (Å²) in [4.78, 5) is 25.6. The van der Waals surface area contributed by atoms with E-state index in [0.29, 0.717) is 5.69 Å². The van der Waals surface area contributed by atoms with Crippen molar-refractivity contribution in [1.29, 1.82) is 0 Å². The third-order valence-corrected chi connectivity index (χ3v) is 5.69. The molecular formula is C19H15Br2N3O3. The maximum atomic E-state index is 13.2. The second-order valence-corrected chi connectivity index (χ2v) is 7.99. The van der Waals surface area contributed by atoms with Crippen LogP contribution in [0.4, 0.5) is 11.4 Å². The molecule has 2 aliphatic heterocycles. The van der Waals surface area contributed by atoms with Gasteiger partial charge in [0, 0.05) is 26.6 Å². The highest BCUT2D eigenvalue weighted by Crippen LogP contribution is 2.51. The third-order valence-electron chi connectivity index (χ3n) is 4.61. The molecule has 0 bridgehead atoms. The molecule has 8 heteroatoms. The highest BCUT2D eigenvalue weighted by atomic mass is 79.9. The fourth-order valence-electron chi connectivity index (χ4n) is 3.54. The fraction of sp³-hybridized carbons (Fsp3) is 0.211. The number of benzene rings is 2. The number of anilines is 2. The van der Waals surface area contributed by atoms with Crippen molar-refractivity contribution in [2.24, 2.45) is 5.10 Å². The molecule has 138 valence electrons. The molecule has 1 atom stereocenters. The van der Waals surface area contributed by atoms with Crippen LogP contribution in [0.1, 0.15) is 18.9 Å². The van der Waals surface area contributed by atoms with E-state index in [2.05, 4.69) is 42.3 Å². The smallest absolute Gasteiger partial charge is 0.354 e. The number of ether oxygens (including phenoxy) is 1. The van der Waals surface area contributed by atoms with Crippen molar-refractivity contribution in [3.63, 3.8) is 0 Å². The number of halogens is 2. The first kappa shape index (κ1) is 18.2. The van der Waals surface area contributed by atoms with E-state index in [4.69, 9.17) is 4.74 Å². The third kappa shape index (κ3) is 2.78. The Bertz CT molecular complexity index is 978. The molecule has 1 spiro atoms. The molecular weight excluding hydrogens is 478 g/mol. The molecule has 2 aromatic rings. The van der Waals surface area contributed by atoms with Crippen LogP contribution >= 0.6 is 31.9 Å². The molecule has 2 heterocycles. The largest absolute Gasteiger partial charge is 0.461 e. The van der Waals surface area contributed by atoms with Gasteiger partial charge in [-0.25, -0.2) is 9.80 Å². The Morgan fingerprint density at radius 3 is 2.74 bits per heavy atom. The summed E-state index contributed by atoms with van der Waals surface area (Å²) in [5.41, 5.74) is 1.22. The van der Waals surface area contributed by atoms with Crippen molar-refractivity contribution in [3.05, 3.63) is 57.0 Å². The molecule has 1 amide bonds. The summed E-state index contributed by atoms with van der Waals surface area (Å²) < 4.78 is 6.73. The van der Waals surface area contributed by atoms with Crippen LogP contribution in [0.15, 0.2) is 56.5 Å². The molecule has 6 nitrogen and oxygen atoms in total. The van der Waals surface area contributed by atoms with Crippen LogP contribution in [-0.4, -0.2) is 24.2 Å². The van der Waals surface area contributed by atoms with Crippen LogP contribution < -0.4 is 10.3 Å². The SMILES string of the molecule is CCOC(=O)C1=NN(c2ccccc2)[C@@]2(C1)C(=O)Nc1cc(Br)cc(Br)c12. The van der Waals surface area contributed by atoms with Gasteiger partial charge in [0.05, 0.1) is 12.3 Å². The van der Waals surface area contributed by atoms with Crippen molar-refractivity contribution < 1.29 is 14.3 Å². The predicted octanol–water partition coefficient (Wildman–Crippen LogP) is 4.19. The molecule has 4 rings (SSSR count). The first-order valence-corrected chi connectivity index (χ1v) is 9.97. The Morgan fingerprint density at radius 1 is 1.30 bits per heavy atom. The van der Waals surface area contributed by atoms with Crippen molar-refractivity contribution in [1.82, 2.24) is 0 Å². The number of amides is 1. The lowest BCUT2D eigenvalue weighted by Crippen LogP contribution is -2.46. The average Bonchev–Trinajstić information content (AvgIpc) is 3.16. The number of hydrogen-bond acceptors (Lipinski definition) is 5. The zero-order valence-corrected chi connectivity index (χ0v) is 17.5. The zero-order chi connectivity index (χ0) is 19.2. The first-order valence-electron chi connectivity index (χ1n) is 8.38. The Labute approximate surface area is 172 Å². The average molecular weight is 493 g/mol. The lowest BCUT2D eigenvalue weighted by atomic mass is 9.86. The molecule has 0 aromatic heterocycles. The van der Waals surface area contributed by atoms with Gasteiger partial charge in [0.15, 0.2) is 5.54 Å². The van der Waals surface area contributed by atoms with E-state index >= 15 is 0 Å². The molecule has 0 radical (unpaired) electrons. The predicted molar refractivity (Wildman–Crippen MR) is 110 cm³/mol. The summed E-state index contributed by atoms with van der Waals surface area (Å²) in [5, 5.41) is 9.07. The second-order valence-electron chi connectivity index (χ2n) is 6.22. The number of rotatable bonds is 3. The minimum Gasteiger partial charge on any atom is -0.461 e. The second kappa shape index (κ2) is 6.76. The van der Waals surface area contributed by atoms with Gasteiger partial charge in [-0.2, -0.15) is 5.10 Å². The summed E-state index contributed by atoms with van der Waals surface area (Å²) in [6, 6.07) is 13.1. The normalized spacial score (nSPS) is 20.5. The van der Waals surface area contributed by atoms with Crippen LogP contribution in [0.3, 0.4) is 0 Å². The number of para-hydroxylation sites is 1. The van der Waals surface area contributed by atoms with Gasteiger partial charge in [-0.05, 0) is 31.2 Å². The Hall–Kier alpha value is -2.19. The summed E-state index contributed by atoms with van der Waals surface area (Å²) in [6.07, 6.45) is 0.125. The number of hydrogen-bond donors (Lipinski definition) is 1. The lowest BCUT2D eigenvalue weighted by molar-refractivity contribution is -0.135. The number of hydrazone groups is 1. The topological polar surface area (TPSA) is 71.0 Å². The summed E-state index contributed by atoms with van der Waals surface area (Å²) >= 11 is 7.03. The number of esters is 1. The van der Waals surface area contributed by atoms with Crippen LogP contribution in [0.5, 0.6) is 0 Å². The molecule has 2 aliphatic rings. The molecule has 1 N–H and O–H groups in total. The molecule has 0 saturated carbocycles. The number of nitrogens with one attached hydrogen (secondary N) is 1. The van der Waals surface area contributed by atoms with Crippen molar-refractivity contribution in [3.8, 4) is 0 Å². The van der Waals surface area contributed by atoms with Crippen molar-refractivity contribution in [2.45, 2.75) is 18.9 Å². The van der Waals surface area contributed by atoms with Crippen LogP contribution in [0.2, 0.25) is 0 Å². The van der Waals surface area contributed by atoms with E-state index in [0.717, 1.165) is 20.2 Å². The van der Waals surface area contributed by atoms with Gasteiger partial charge in [0.25, 0.3) is 5.91 Å². The molecule has 0 aliphatic carbocycles. The van der Waals surface area contributed by atoms with Crippen LogP contribution in [0, 0.1) is 0 Å². The summed E-state index contributed by atoms with van der Waals surface area (Å²) in [6.45, 7) is 1.99. The van der Waals surface area contributed by atoms with E-state index in [-0.39, 0.29) is 24.6 Å². The number of carbonyl (C=O) groups is 2. The Balaban J connectivity index is 1.92. The van der Waals surface area contributed by atoms with Crippen LogP contribution in [-0.2, 0) is 19.9 Å². The molecule has 0 fully saturated rings. The maximum Gasteiger partial charge on any atom is 0.354 e. The van der Waals surface area contributed by atoms with Gasteiger partial charge < -0.3 is 10.1 Å². The molecule has 0 saturated heterocycles. The van der Waals surface area contributed by atoms with Gasteiger partial charge in [0.1, 0.15) is 5.71 Å². The summed E-state index contributed by atoms with van der Waals surface area (Å²) in [5.74, 6) is -0.743. The van der Waals surface area contributed by atoms with E-state index in [1.54, 1.807) is 11.9 Å². The van der Waals surface area contributed by atoms with Gasteiger partial charge >= 0.3 is 5.97 Å². The standard InChI is InChI=1S/C19H15Br2N3O3/c1-2-27-17(25)15-10-19(24(23-15)12-6-4-3-5-7-12)16-13(21)8-11(20)9-14(16)22-18(19)26/h3-9H,2,10H2,1H3,(H,22,26)/t19-/m1/s1. The zero-order valence-electron chi connectivity index (χ0n) is 14.3. The minimum atomic E-state index is -1.15. The minimum absolute atomic E-state index is 0.125. The van der Waals surface area contributed by atoms with Crippen LogP contribution in [0.25, 0.3) is 0 Å². The summed E-state index contributed by atoms with van der Waals surface area (Å²) in [7, 11) is 0. The van der Waals surface area contributed by atoms with E-state index in [9.17, 15) is 9.59 Å². The van der Waals surface area contributed by atoms with Gasteiger partial charge in [-0.3, -0.25) is 4.79 Å². The van der Waals surface area contributed by atoms with E-state index in [1.807, 2.05) is 42.5 Å². The highest BCUT2D eigenvalue weighted by Gasteiger charge is 2.58. The quantitative estimate of drug-likeness (QED) is 0.652. The number of nitrogens with zero attached hydrogens (tertiary/aromatic N) is 2. The van der Waals surface area contributed by atoms with Crippen molar-refractivity contribution in [2.75, 3.05) is 16.9 Å². The number of fused-ring (bicyclic) bond motifs is 2. The Morgan fingerprint density at radius 2 is 2.04 bits per heavy atom. The van der Waals surface area contributed by atoms with Gasteiger partial charge in [-0.1, -0.05) is 50.1 Å².